The fraction of sp³-hybridized carbons (Fsp3) is 0.0909. The SMILES string of the molecule is Cc1nc(-c2cncc(Br)c2)nc(N)c1C(=O)O. The highest BCUT2D eigenvalue weighted by molar-refractivity contribution is 9.10. The third-order valence-electron chi connectivity index (χ3n) is 2.29. The Balaban J connectivity index is 2.58. The molecular formula is C11H9BrN4O2. The molecule has 6 nitrogen and oxygen atoms in total. The maximum Gasteiger partial charge on any atom is 0.341 e. The molecule has 0 aliphatic heterocycles. The first-order valence-corrected chi connectivity index (χ1v) is 5.76. The van der Waals surface area contributed by atoms with E-state index in [9.17, 15) is 4.79 Å². The average Bonchev–Trinajstić information content (AvgIpc) is 2.27. The van der Waals surface area contributed by atoms with Crippen molar-refractivity contribution in [2.24, 2.45) is 0 Å². The molecule has 3 N–H and O–H groups in total. The van der Waals surface area contributed by atoms with E-state index in [2.05, 4.69) is 30.9 Å². The molecule has 0 aliphatic carbocycles. The second-order valence-electron chi connectivity index (χ2n) is 3.59. The number of aromatic carboxylic acids is 1. The summed E-state index contributed by atoms with van der Waals surface area (Å²) in [5, 5.41) is 8.97. The van der Waals surface area contributed by atoms with E-state index in [0.29, 0.717) is 17.1 Å². The smallest absolute Gasteiger partial charge is 0.341 e. The molecule has 0 spiro atoms. The topological polar surface area (TPSA) is 102 Å². The predicted octanol–water partition coefficient (Wildman–Crippen LogP) is 1.89. The van der Waals surface area contributed by atoms with Crippen LogP contribution in [0.4, 0.5) is 5.82 Å². The Hall–Kier alpha value is -2.02. The molecule has 0 saturated heterocycles. The van der Waals surface area contributed by atoms with Gasteiger partial charge in [-0.25, -0.2) is 14.8 Å². The molecule has 2 aromatic rings. The molecular weight excluding hydrogens is 300 g/mol. The van der Waals surface area contributed by atoms with E-state index in [0.717, 1.165) is 4.47 Å². The molecule has 18 heavy (non-hydrogen) atoms. The zero-order chi connectivity index (χ0) is 13.3. The lowest BCUT2D eigenvalue weighted by Crippen LogP contribution is -2.10. The van der Waals surface area contributed by atoms with Crippen LogP contribution in [-0.4, -0.2) is 26.0 Å². The highest BCUT2D eigenvalue weighted by Crippen LogP contribution is 2.22. The number of nitrogens with two attached hydrogens (primary N) is 1. The molecule has 0 saturated carbocycles. The third-order valence-corrected chi connectivity index (χ3v) is 2.73. The Morgan fingerprint density at radius 3 is 2.67 bits per heavy atom. The fourth-order valence-electron chi connectivity index (χ4n) is 1.52. The maximum absolute atomic E-state index is 11.0. The summed E-state index contributed by atoms with van der Waals surface area (Å²) in [5.74, 6) is -0.835. The van der Waals surface area contributed by atoms with Crippen LogP contribution in [0.25, 0.3) is 11.4 Å². The molecule has 7 heteroatoms. The number of aromatic nitrogens is 3. The Labute approximate surface area is 111 Å². The molecule has 0 unspecified atom stereocenters. The van der Waals surface area contributed by atoms with Crippen molar-refractivity contribution >= 4 is 27.7 Å². The summed E-state index contributed by atoms with van der Waals surface area (Å²) < 4.78 is 0.780. The minimum absolute atomic E-state index is 0.0509. The van der Waals surface area contributed by atoms with Gasteiger partial charge in [0.15, 0.2) is 5.82 Å². The van der Waals surface area contributed by atoms with Gasteiger partial charge in [0.25, 0.3) is 0 Å². The highest BCUT2D eigenvalue weighted by atomic mass is 79.9. The number of carboxylic acid groups (broad SMARTS) is 1. The number of nitrogen functional groups attached to an aromatic ring is 1. The lowest BCUT2D eigenvalue weighted by molar-refractivity contribution is 0.0696. The largest absolute Gasteiger partial charge is 0.477 e. The predicted molar refractivity (Wildman–Crippen MR) is 69.1 cm³/mol. The summed E-state index contributed by atoms with van der Waals surface area (Å²) in [5.41, 5.74) is 6.55. The summed E-state index contributed by atoms with van der Waals surface area (Å²) >= 11 is 3.29. The van der Waals surface area contributed by atoms with Crippen LogP contribution in [0.3, 0.4) is 0 Å². The first-order valence-electron chi connectivity index (χ1n) is 4.97. The zero-order valence-corrected chi connectivity index (χ0v) is 11.0. The normalized spacial score (nSPS) is 10.3. The van der Waals surface area contributed by atoms with E-state index >= 15 is 0 Å². The van der Waals surface area contributed by atoms with Crippen LogP contribution < -0.4 is 5.73 Å². The van der Waals surface area contributed by atoms with Gasteiger partial charge in [-0.15, -0.1) is 0 Å². The Morgan fingerprint density at radius 2 is 2.11 bits per heavy atom. The van der Waals surface area contributed by atoms with Crippen molar-refractivity contribution < 1.29 is 9.90 Å². The number of anilines is 1. The Bertz CT molecular complexity index is 607. The summed E-state index contributed by atoms with van der Waals surface area (Å²) in [6.07, 6.45) is 3.21. The van der Waals surface area contributed by atoms with Crippen LogP contribution in [0, 0.1) is 6.92 Å². The van der Waals surface area contributed by atoms with Gasteiger partial charge in [0.05, 0.1) is 5.69 Å². The van der Waals surface area contributed by atoms with Crippen LogP contribution in [-0.2, 0) is 0 Å². The van der Waals surface area contributed by atoms with Crippen LogP contribution in [0.15, 0.2) is 22.9 Å². The van der Waals surface area contributed by atoms with Gasteiger partial charge in [-0.2, -0.15) is 0 Å². The number of hydrogen-bond donors (Lipinski definition) is 2. The first-order chi connectivity index (χ1) is 8.49. The molecule has 0 atom stereocenters. The molecule has 0 amide bonds. The van der Waals surface area contributed by atoms with Gasteiger partial charge in [0.2, 0.25) is 0 Å². The van der Waals surface area contributed by atoms with Crippen molar-refractivity contribution in [2.75, 3.05) is 5.73 Å². The van der Waals surface area contributed by atoms with Gasteiger partial charge in [0, 0.05) is 22.4 Å². The highest BCUT2D eigenvalue weighted by Gasteiger charge is 2.16. The van der Waals surface area contributed by atoms with E-state index in [1.54, 1.807) is 25.4 Å². The van der Waals surface area contributed by atoms with Crippen molar-refractivity contribution in [1.82, 2.24) is 15.0 Å². The first kappa shape index (κ1) is 12.4. The van der Waals surface area contributed by atoms with Crippen LogP contribution in [0.5, 0.6) is 0 Å². The minimum atomic E-state index is -1.14. The molecule has 2 rings (SSSR count). The van der Waals surface area contributed by atoms with Crippen LogP contribution >= 0.6 is 15.9 Å². The molecule has 0 radical (unpaired) electrons. The average molecular weight is 309 g/mol. The Morgan fingerprint density at radius 1 is 1.39 bits per heavy atom. The summed E-state index contributed by atoms with van der Waals surface area (Å²) in [6, 6.07) is 1.78. The van der Waals surface area contributed by atoms with Gasteiger partial charge in [-0.05, 0) is 28.9 Å². The number of aryl methyl sites for hydroxylation is 1. The van der Waals surface area contributed by atoms with Crippen LogP contribution in [0.2, 0.25) is 0 Å². The minimum Gasteiger partial charge on any atom is -0.477 e. The molecule has 2 aromatic heterocycles. The number of nitrogens with zero attached hydrogens (tertiary/aromatic N) is 3. The van der Waals surface area contributed by atoms with Crippen molar-refractivity contribution in [3.05, 3.63) is 34.2 Å². The molecule has 0 aromatic carbocycles. The molecule has 92 valence electrons. The van der Waals surface area contributed by atoms with E-state index in [-0.39, 0.29) is 11.4 Å². The molecule has 0 fully saturated rings. The fourth-order valence-corrected chi connectivity index (χ4v) is 1.89. The molecule has 0 aliphatic rings. The van der Waals surface area contributed by atoms with E-state index in [4.69, 9.17) is 10.8 Å². The summed E-state index contributed by atoms with van der Waals surface area (Å²) in [4.78, 5) is 23.1. The summed E-state index contributed by atoms with van der Waals surface area (Å²) in [6.45, 7) is 1.58. The van der Waals surface area contributed by atoms with Gasteiger partial charge in [-0.3, -0.25) is 4.98 Å². The number of halogens is 1. The van der Waals surface area contributed by atoms with Crippen molar-refractivity contribution in [3.8, 4) is 11.4 Å². The molecule has 2 heterocycles. The monoisotopic (exact) mass is 308 g/mol. The van der Waals surface area contributed by atoms with E-state index < -0.39 is 5.97 Å². The number of pyridine rings is 1. The quantitative estimate of drug-likeness (QED) is 0.878. The lowest BCUT2D eigenvalue weighted by Gasteiger charge is -2.07. The number of carboxylic acids is 1. The number of rotatable bonds is 2. The van der Waals surface area contributed by atoms with Crippen molar-refractivity contribution in [2.45, 2.75) is 6.92 Å². The number of carbonyl (C=O) groups is 1. The van der Waals surface area contributed by atoms with Crippen molar-refractivity contribution in [3.63, 3.8) is 0 Å². The Kier molecular flexibility index (Phi) is 3.24. The van der Waals surface area contributed by atoms with Gasteiger partial charge >= 0.3 is 5.97 Å². The van der Waals surface area contributed by atoms with E-state index in [1.165, 1.54) is 0 Å². The van der Waals surface area contributed by atoms with Gasteiger partial charge in [-0.1, -0.05) is 0 Å². The third kappa shape index (κ3) is 2.30. The summed E-state index contributed by atoms with van der Waals surface area (Å²) in [7, 11) is 0. The second kappa shape index (κ2) is 4.69. The lowest BCUT2D eigenvalue weighted by atomic mass is 10.2. The van der Waals surface area contributed by atoms with E-state index in [1.807, 2.05) is 0 Å². The van der Waals surface area contributed by atoms with Crippen molar-refractivity contribution in [1.29, 1.82) is 0 Å². The number of hydrogen-bond acceptors (Lipinski definition) is 5. The maximum atomic E-state index is 11.0. The van der Waals surface area contributed by atoms with Crippen LogP contribution in [0.1, 0.15) is 16.1 Å². The molecule has 0 bridgehead atoms. The van der Waals surface area contributed by atoms with Gasteiger partial charge in [0.1, 0.15) is 11.4 Å². The van der Waals surface area contributed by atoms with Gasteiger partial charge < -0.3 is 10.8 Å². The standard InChI is InChI=1S/C11H9BrN4O2/c1-5-8(11(17)18)9(13)16-10(15-5)6-2-7(12)4-14-3-6/h2-4H,1H3,(H,17,18)(H2,13,15,16). The second-order valence-corrected chi connectivity index (χ2v) is 4.51. The zero-order valence-electron chi connectivity index (χ0n) is 9.38.